The quantitative estimate of drug-likeness (QED) is 0.686. The van der Waals surface area contributed by atoms with Gasteiger partial charge in [0.1, 0.15) is 11.2 Å². The lowest BCUT2D eigenvalue weighted by Crippen LogP contribution is -2.16. The van der Waals surface area contributed by atoms with Crippen LogP contribution in [0, 0.1) is 17.2 Å². The number of nitrogens with zero attached hydrogens (tertiary/aromatic N) is 2. The number of nitrogens with one attached hydrogen (secondary N) is 1. The lowest BCUT2D eigenvalue weighted by molar-refractivity contribution is -0.142. The number of carbonyl (C=O) groups is 1. The van der Waals surface area contributed by atoms with Gasteiger partial charge < -0.3 is 9.72 Å². The molecule has 0 amide bonds. The van der Waals surface area contributed by atoms with E-state index in [1.54, 1.807) is 0 Å². The van der Waals surface area contributed by atoms with Crippen molar-refractivity contribution in [1.82, 2.24) is 9.97 Å². The van der Waals surface area contributed by atoms with Gasteiger partial charge in [0, 0.05) is 10.4 Å². The molecule has 0 radical (unpaired) electrons. The van der Waals surface area contributed by atoms with Crippen LogP contribution in [0.25, 0.3) is 11.0 Å². The van der Waals surface area contributed by atoms with Crippen molar-refractivity contribution in [3.63, 3.8) is 0 Å². The molecule has 0 unspecified atom stereocenters. The van der Waals surface area contributed by atoms with Gasteiger partial charge in [-0.05, 0) is 29.8 Å². The zero-order valence-corrected chi connectivity index (χ0v) is 14.9. The highest BCUT2D eigenvalue weighted by atomic mass is 79.9. The SMILES string of the molecule is COC(=O)[C@H]1[C@H](c2cccc(Br)c2)[C@@]1(C#N)c1nc2ccccc2[nH]1. The maximum Gasteiger partial charge on any atom is 0.311 e. The highest BCUT2D eigenvalue weighted by molar-refractivity contribution is 9.10. The summed E-state index contributed by atoms with van der Waals surface area (Å²) in [6, 6.07) is 17.6. The summed E-state index contributed by atoms with van der Waals surface area (Å²) in [7, 11) is 1.35. The molecule has 0 spiro atoms. The highest BCUT2D eigenvalue weighted by Crippen LogP contribution is 2.65. The van der Waals surface area contributed by atoms with E-state index in [0.717, 1.165) is 21.1 Å². The lowest BCUT2D eigenvalue weighted by Gasteiger charge is -2.05. The Morgan fingerprint density at radius 2 is 2.12 bits per heavy atom. The smallest absolute Gasteiger partial charge is 0.311 e. The minimum atomic E-state index is -1.05. The molecule has 6 heteroatoms. The van der Waals surface area contributed by atoms with Gasteiger partial charge in [0.25, 0.3) is 0 Å². The molecule has 3 atom stereocenters. The first-order valence-corrected chi connectivity index (χ1v) is 8.61. The number of nitriles is 1. The molecule has 1 heterocycles. The Hall–Kier alpha value is -2.65. The van der Waals surface area contributed by atoms with E-state index in [1.165, 1.54) is 7.11 Å². The predicted molar refractivity (Wildman–Crippen MR) is 95.8 cm³/mol. The Morgan fingerprint density at radius 3 is 2.80 bits per heavy atom. The number of ether oxygens (including phenoxy) is 1. The maximum atomic E-state index is 12.4. The van der Waals surface area contributed by atoms with Gasteiger partial charge in [-0.25, -0.2) is 4.98 Å². The van der Waals surface area contributed by atoms with Crippen molar-refractivity contribution in [3.05, 3.63) is 64.4 Å². The average Bonchev–Trinajstić information content (AvgIpc) is 3.13. The van der Waals surface area contributed by atoms with E-state index in [2.05, 4.69) is 32.0 Å². The molecule has 0 aliphatic heterocycles. The molecule has 3 aromatic rings. The van der Waals surface area contributed by atoms with Gasteiger partial charge in [-0.2, -0.15) is 5.26 Å². The zero-order valence-electron chi connectivity index (χ0n) is 13.4. The zero-order chi connectivity index (χ0) is 17.6. The van der Waals surface area contributed by atoms with Crippen LogP contribution in [-0.4, -0.2) is 23.0 Å². The second kappa shape index (κ2) is 5.71. The number of imidazole rings is 1. The third-order valence-corrected chi connectivity index (χ3v) is 5.33. The van der Waals surface area contributed by atoms with Crippen molar-refractivity contribution in [3.8, 4) is 6.07 Å². The normalized spacial score (nSPS) is 24.7. The van der Waals surface area contributed by atoms with Crippen molar-refractivity contribution in [1.29, 1.82) is 5.26 Å². The van der Waals surface area contributed by atoms with Gasteiger partial charge in [-0.3, -0.25) is 4.79 Å². The predicted octanol–water partition coefficient (Wildman–Crippen LogP) is 3.67. The number of halogens is 1. The summed E-state index contributed by atoms with van der Waals surface area (Å²) in [4.78, 5) is 20.2. The third kappa shape index (κ3) is 2.27. The fourth-order valence-electron chi connectivity index (χ4n) is 3.63. The molecular weight excluding hydrogens is 382 g/mol. The van der Waals surface area contributed by atoms with Gasteiger partial charge >= 0.3 is 5.97 Å². The third-order valence-electron chi connectivity index (χ3n) is 4.83. The molecule has 0 bridgehead atoms. The van der Waals surface area contributed by atoms with E-state index in [0.29, 0.717) is 5.82 Å². The fraction of sp³-hybridized carbons (Fsp3) is 0.211. The number of benzene rings is 2. The topological polar surface area (TPSA) is 78.8 Å². The number of hydrogen-bond donors (Lipinski definition) is 1. The van der Waals surface area contributed by atoms with Crippen molar-refractivity contribution in [2.75, 3.05) is 7.11 Å². The Bertz CT molecular complexity index is 990. The number of carbonyl (C=O) groups excluding carboxylic acids is 1. The summed E-state index contributed by atoms with van der Waals surface area (Å²) in [6.07, 6.45) is 0. The molecule has 1 aliphatic rings. The number of methoxy groups -OCH3 is 1. The second-order valence-corrected chi connectivity index (χ2v) is 7.03. The fourth-order valence-corrected chi connectivity index (χ4v) is 4.04. The molecule has 0 saturated heterocycles. The van der Waals surface area contributed by atoms with Gasteiger partial charge in [-0.15, -0.1) is 0 Å². The summed E-state index contributed by atoms with van der Waals surface area (Å²) in [5, 5.41) is 10.0. The standard InChI is InChI=1S/C19H14BrN3O2/c1-25-17(24)16-15(11-5-4-6-12(20)9-11)19(16,10-21)18-22-13-7-2-3-8-14(13)23-18/h2-9,15-16H,1H3,(H,22,23)/t15-,16+,19+/m0/s1. The molecule has 25 heavy (non-hydrogen) atoms. The van der Waals surface area contributed by atoms with E-state index in [1.807, 2.05) is 48.5 Å². The van der Waals surface area contributed by atoms with Crippen LogP contribution < -0.4 is 0 Å². The molecule has 124 valence electrons. The van der Waals surface area contributed by atoms with E-state index in [-0.39, 0.29) is 5.92 Å². The summed E-state index contributed by atoms with van der Waals surface area (Å²) in [5.41, 5.74) is 1.48. The summed E-state index contributed by atoms with van der Waals surface area (Å²) >= 11 is 3.45. The minimum Gasteiger partial charge on any atom is -0.469 e. The second-order valence-electron chi connectivity index (χ2n) is 6.12. The summed E-state index contributed by atoms with van der Waals surface area (Å²) in [6.45, 7) is 0. The van der Waals surface area contributed by atoms with Gasteiger partial charge in [-0.1, -0.05) is 40.2 Å². The van der Waals surface area contributed by atoms with E-state index in [9.17, 15) is 10.1 Å². The molecule has 4 rings (SSSR count). The van der Waals surface area contributed by atoms with Crippen molar-refractivity contribution < 1.29 is 9.53 Å². The van der Waals surface area contributed by atoms with Gasteiger partial charge in [0.05, 0.1) is 30.1 Å². The Labute approximate surface area is 152 Å². The maximum absolute atomic E-state index is 12.4. The molecule has 1 aromatic heterocycles. The Morgan fingerprint density at radius 1 is 1.32 bits per heavy atom. The van der Waals surface area contributed by atoms with E-state index in [4.69, 9.17) is 4.74 Å². The molecule has 1 N–H and O–H groups in total. The number of aromatic nitrogens is 2. The van der Waals surface area contributed by atoms with Crippen LogP contribution >= 0.6 is 15.9 Å². The monoisotopic (exact) mass is 395 g/mol. The number of esters is 1. The van der Waals surface area contributed by atoms with Gasteiger partial charge in [0.2, 0.25) is 0 Å². The first kappa shape index (κ1) is 15.9. The molecule has 2 aromatic carbocycles. The number of fused-ring (bicyclic) bond motifs is 1. The molecule has 1 aliphatic carbocycles. The van der Waals surface area contributed by atoms with Crippen LogP contribution in [0.4, 0.5) is 0 Å². The minimum absolute atomic E-state index is 0.303. The van der Waals surface area contributed by atoms with E-state index >= 15 is 0 Å². The number of aromatic amines is 1. The first-order chi connectivity index (χ1) is 12.1. The highest BCUT2D eigenvalue weighted by Gasteiger charge is 2.73. The number of rotatable bonds is 3. The van der Waals surface area contributed by atoms with E-state index < -0.39 is 17.3 Å². The Kier molecular flexibility index (Phi) is 3.62. The molecule has 5 nitrogen and oxygen atoms in total. The molecule has 1 saturated carbocycles. The first-order valence-electron chi connectivity index (χ1n) is 7.81. The van der Waals surface area contributed by atoms with Crippen LogP contribution in [0.3, 0.4) is 0 Å². The van der Waals surface area contributed by atoms with Crippen molar-refractivity contribution in [2.45, 2.75) is 11.3 Å². The number of H-pyrrole nitrogens is 1. The van der Waals surface area contributed by atoms with Crippen LogP contribution in [0.2, 0.25) is 0 Å². The number of hydrogen-bond acceptors (Lipinski definition) is 4. The van der Waals surface area contributed by atoms with Crippen LogP contribution in [-0.2, 0) is 14.9 Å². The lowest BCUT2D eigenvalue weighted by atomic mass is 9.99. The van der Waals surface area contributed by atoms with Crippen molar-refractivity contribution in [2.24, 2.45) is 5.92 Å². The number of para-hydroxylation sites is 2. The van der Waals surface area contributed by atoms with Crippen LogP contribution in [0.15, 0.2) is 53.0 Å². The largest absolute Gasteiger partial charge is 0.469 e. The van der Waals surface area contributed by atoms with Gasteiger partial charge in [0.15, 0.2) is 0 Å². The summed E-state index contributed by atoms with van der Waals surface area (Å²) < 4.78 is 5.87. The Balaban J connectivity index is 1.88. The average molecular weight is 396 g/mol. The molecular formula is C19H14BrN3O2. The molecule has 1 fully saturated rings. The summed E-state index contributed by atoms with van der Waals surface area (Å²) in [5.74, 6) is -0.774. The van der Waals surface area contributed by atoms with Crippen LogP contribution in [0.5, 0.6) is 0 Å². The van der Waals surface area contributed by atoms with Crippen molar-refractivity contribution >= 4 is 32.9 Å². The van der Waals surface area contributed by atoms with Crippen LogP contribution in [0.1, 0.15) is 17.3 Å².